The van der Waals surface area contributed by atoms with Crippen LogP contribution in [-0.4, -0.2) is 17.6 Å². The van der Waals surface area contributed by atoms with E-state index in [1.165, 1.54) is 11.3 Å². The fourth-order valence-electron chi connectivity index (χ4n) is 1.41. The van der Waals surface area contributed by atoms with Crippen LogP contribution in [0.5, 0.6) is 0 Å². The zero-order valence-electron chi connectivity index (χ0n) is 10.6. The Morgan fingerprint density at radius 1 is 1.29 bits per heavy atom. The van der Waals surface area contributed by atoms with E-state index in [-0.39, 0.29) is 6.54 Å². The minimum atomic E-state index is -0.444. The number of nitrogens with zero attached hydrogens (tertiary/aromatic N) is 1. The molecule has 1 heterocycles. The summed E-state index contributed by atoms with van der Waals surface area (Å²) in [6.45, 7) is 0.274. The molecule has 0 aliphatic carbocycles. The van der Waals surface area contributed by atoms with Crippen LogP contribution in [0.4, 0.5) is 15.6 Å². The molecule has 0 saturated heterocycles. The summed E-state index contributed by atoms with van der Waals surface area (Å²) in [6.07, 6.45) is 1.57. The lowest BCUT2D eigenvalue weighted by molar-refractivity contribution is 0.262. The summed E-state index contributed by atoms with van der Waals surface area (Å²) in [7, 11) is 0. The molecule has 2 amide bonds. The van der Waals surface area contributed by atoms with Gasteiger partial charge in [-0.1, -0.05) is 46.4 Å². The number of carbonyl (C=O) groups excluding carboxylic acids is 1. The lowest BCUT2D eigenvalue weighted by Crippen LogP contribution is -2.19. The van der Waals surface area contributed by atoms with Gasteiger partial charge in [0.2, 0.25) is 0 Å². The maximum atomic E-state index is 11.8. The zero-order valence-corrected chi connectivity index (χ0v) is 12.9. The molecule has 4 N–H and O–H groups in total. The molecule has 108 valence electrons. The van der Waals surface area contributed by atoms with Crippen molar-refractivity contribution in [3.05, 3.63) is 39.3 Å². The van der Waals surface area contributed by atoms with E-state index in [1.54, 1.807) is 24.4 Å². The van der Waals surface area contributed by atoms with E-state index in [9.17, 15) is 4.79 Å². The van der Waals surface area contributed by atoms with Crippen LogP contribution in [-0.2, 0) is 0 Å². The highest BCUT2D eigenvalue weighted by molar-refractivity contribution is 7.16. The first-order chi connectivity index (χ1) is 10.1. The number of benzene rings is 1. The number of urea groups is 1. The lowest BCUT2D eigenvalue weighted by Gasteiger charge is -2.06. The molecule has 0 atom stereocenters. The molecule has 8 heteroatoms. The highest BCUT2D eigenvalue weighted by atomic mass is 35.5. The van der Waals surface area contributed by atoms with Crippen LogP contribution in [0.25, 0.3) is 0 Å². The third kappa shape index (κ3) is 4.92. The van der Waals surface area contributed by atoms with Crippen molar-refractivity contribution < 1.29 is 4.79 Å². The number of rotatable bonds is 2. The number of halogens is 2. The van der Waals surface area contributed by atoms with Crippen molar-refractivity contribution in [3.63, 3.8) is 0 Å². The predicted molar refractivity (Wildman–Crippen MR) is 87.1 cm³/mol. The molecule has 2 rings (SSSR count). The van der Waals surface area contributed by atoms with Gasteiger partial charge in [0.15, 0.2) is 5.13 Å². The molecule has 0 aliphatic heterocycles. The fourth-order valence-corrected chi connectivity index (χ4v) is 2.63. The van der Waals surface area contributed by atoms with Crippen LogP contribution in [0.15, 0.2) is 24.4 Å². The first-order valence-electron chi connectivity index (χ1n) is 5.75. The molecule has 2 aromatic rings. The Labute approximate surface area is 135 Å². The summed E-state index contributed by atoms with van der Waals surface area (Å²) < 4.78 is 0. The molecule has 0 radical (unpaired) electrons. The highest BCUT2D eigenvalue weighted by Gasteiger charge is 2.07. The average molecular weight is 341 g/mol. The second kappa shape index (κ2) is 7.29. The molecule has 0 saturated carbocycles. The van der Waals surface area contributed by atoms with E-state index >= 15 is 0 Å². The molecule has 0 fully saturated rings. The van der Waals surface area contributed by atoms with Crippen molar-refractivity contribution >= 4 is 51.4 Å². The minimum Gasteiger partial charge on any atom is -0.320 e. The first kappa shape index (κ1) is 15.6. The third-order valence-corrected chi connectivity index (χ3v) is 3.42. The Morgan fingerprint density at radius 3 is 2.67 bits per heavy atom. The van der Waals surface area contributed by atoms with Gasteiger partial charge in [0, 0.05) is 15.7 Å². The molecule has 0 spiro atoms. The smallest absolute Gasteiger partial charge is 0.320 e. The number of nitrogens with one attached hydrogen (secondary N) is 2. The van der Waals surface area contributed by atoms with Gasteiger partial charge in [-0.2, -0.15) is 0 Å². The van der Waals surface area contributed by atoms with Crippen LogP contribution in [0, 0.1) is 11.8 Å². The number of nitrogens with two attached hydrogens (primary N) is 1. The van der Waals surface area contributed by atoms with Gasteiger partial charge >= 0.3 is 6.03 Å². The summed E-state index contributed by atoms with van der Waals surface area (Å²) in [4.78, 5) is 16.6. The minimum absolute atomic E-state index is 0.274. The molecule has 21 heavy (non-hydrogen) atoms. The molecule has 0 bridgehead atoms. The van der Waals surface area contributed by atoms with Crippen molar-refractivity contribution in [1.82, 2.24) is 4.98 Å². The van der Waals surface area contributed by atoms with E-state index in [1.807, 2.05) is 0 Å². The molecule has 1 aromatic carbocycles. The Kier molecular flexibility index (Phi) is 5.42. The second-order valence-corrected chi connectivity index (χ2v) is 5.68. The fraction of sp³-hybridized carbons (Fsp3) is 0.0769. The largest absolute Gasteiger partial charge is 0.325 e. The normalized spacial score (nSPS) is 9.67. The van der Waals surface area contributed by atoms with Crippen molar-refractivity contribution in [2.75, 3.05) is 17.2 Å². The molecular weight excluding hydrogens is 331 g/mol. The van der Waals surface area contributed by atoms with Gasteiger partial charge in [-0.25, -0.2) is 9.78 Å². The van der Waals surface area contributed by atoms with Crippen LogP contribution < -0.4 is 16.4 Å². The van der Waals surface area contributed by atoms with Gasteiger partial charge in [-0.3, -0.25) is 5.32 Å². The number of amides is 2. The van der Waals surface area contributed by atoms with E-state index in [0.717, 1.165) is 4.88 Å². The predicted octanol–water partition coefficient (Wildman–Crippen LogP) is 3.40. The Bertz CT molecular complexity index is 700. The summed E-state index contributed by atoms with van der Waals surface area (Å²) >= 11 is 13.0. The van der Waals surface area contributed by atoms with Gasteiger partial charge in [-0.05, 0) is 18.2 Å². The molecule has 0 aliphatic rings. The van der Waals surface area contributed by atoms with E-state index in [0.29, 0.717) is 20.9 Å². The molecule has 1 aromatic heterocycles. The third-order valence-electron chi connectivity index (χ3n) is 2.16. The molecule has 0 unspecified atom stereocenters. The standard InChI is InChI=1S/C13H10Cl2N4OS/c14-8-4-9(15)6-10(5-8)18-12(20)19-13-17-7-11(21-13)2-1-3-16/h4-7H,3,16H2,(H2,17,18,19,20). The number of carbonyl (C=O) groups is 1. The Balaban J connectivity index is 1.99. The Morgan fingerprint density at radius 2 is 2.00 bits per heavy atom. The summed E-state index contributed by atoms with van der Waals surface area (Å²) in [5.41, 5.74) is 5.77. The van der Waals surface area contributed by atoms with Crippen molar-refractivity contribution in [2.45, 2.75) is 0 Å². The van der Waals surface area contributed by atoms with Crippen LogP contribution in [0.3, 0.4) is 0 Å². The maximum absolute atomic E-state index is 11.8. The van der Waals surface area contributed by atoms with Gasteiger partial charge in [0.25, 0.3) is 0 Å². The highest BCUT2D eigenvalue weighted by Crippen LogP contribution is 2.23. The van der Waals surface area contributed by atoms with E-state index < -0.39 is 6.03 Å². The lowest BCUT2D eigenvalue weighted by atomic mass is 10.3. The number of hydrogen-bond acceptors (Lipinski definition) is 4. The number of thiazole rings is 1. The first-order valence-corrected chi connectivity index (χ1v) is 7.33. The summed E-state index contributed by atoms with van der Waals surface area (Å²) in [5.74, 6) is 5.55. The molecule has 5 nitrogen and oxygen atoms in total. The quantitative estimate of drug-likeness (QED) is 0.733. The van der Waals surface area contributed by atoms with E-state index in [2.05, 4.69) is 27.5 Å². The number of hydrogen-bond donors (Lipinski definition) is 3. The van der Waals surface area contributed by atoms with Crippen LogP contribution >= 0.6 is 34.5 Å². The van der Waals surface area contributed by atoms with E-state index in [4.69, 9.17) is 28.9 Å². The monoisotopic (exact) mass is 340 g/mol. The second-order valence-electron chi connectivity index (χ2n) is 3.77. The van der Waals surface area contributed by atoms with Gasteiger partial charge in [0.05, 0.1) is 17.6 Å². The van der Waals surface area contributed by atoms with Crippen molar-refractivity contribution in [3.8, 4) is 11.8 Å². The van der Waals surface area contributed by atoms with Gasteiger partial charge < -0.3 is 11.1 Å². The van der Waals surface area contributed by atoms with Gasteiger partial charge in [0.1, 0.15) is 0 Å². The zero-order chi connectivity index (χ0) is 15.2. The van der Waals surface area contributed by atoms with Gasteiger partial charge in [-0.15, -0.1) is 0 Å². The summed E-state index contributed by atoms with van der Waals surface area (Å²) in [5, 5.41) is 6.52. The summed E-state index contributed by atoms with van der Waals surface area (Å²) in [6, 6.07) is 4.32. The maximum Gasteiger partial charge on any atom is 0.325 e. The van der Waals surface area contributed by atoms with Crippen LogP contribution in [0.1, 0.15) is 4.88 Å². The Hall–Kier alpha value is -1.78. The van der Waals surface area contributed by atoms with Crippen molar-refractivity contribution in [1.29, 1.82) is 0 Å². The SMILES string of the molecule is NCC#Cc1cnc(NC(=O)Nc2cc(Cl)cc(Cl)c2)s1. The van der Waals surface area contributed by atoms with Crippen LogP contribution in [0.2, 0.25) is 10.0 Å². The van der Waals surface area contributed by atoms with Crippen molar-refractivity contribution in [2.24, 2.45) is 5.73 Å². The average Bonchev–Trinajstić information content (AvgIpc) is 2.82. The molecular formula is C13H10Cl2N4OS. The number of anilines is 2. The number of aromatic nitrogens is 1. The topological polar surface area (TPSA) is 80.0 Å².